The van der Waals surface area contributed by atoms with Gasteiger partial charge in [0.25, 0.3) is 5.91 Å². The maximum atomic E-state index is 13.8. The SMILES string of the molecule is CN1CCC(N(C)c2ccc(NC(=S)Nc3ccc(NC(=O)c4c(F)cccc4F)cc3)cc2Cl)C1. The Kier molecular flexibility index (Phi) is 8.03. The molecule has 0 aliphatic carbocycles. The van der Waals surface area contributed by atoms with Crippen molar-refractivity contribution < 1.29 is 13.6 Å². The number of halogens is 3. The van der Waals surface area contributed by atoms with Crippen LogP contribution in [0, 0.1) is 11.6 Å². The van der Waals surface area contributed by atoms with Crippen LogP contribution in [0.5, 0.6) is 0 Å². The average Bonchev–Trinajstić information content (AvgIpc) is 3.26. The molecule has 1 aliphatic rings. The summed E-state index contributed by atoms with van der Waals surface area (Å²) in [4.78, 5) is 16.8. The zero-order valence-corrected chi connectivity index (χ0v) is 21.4. The molecule has 10 heteroatoms. The molecule has 1 atom stereocenters. The number of likely N-dealkylation sites (tertiary alicyclic amines) is 1. The second-order valence-electron chi connectivity index (χ2n) is 8.69. The standard InChI is InChI=1S/C26H26ClF2N5OS/c1-33-13-12-19(15-33)34(2)23-11-10-18(14-20(23)27)32-26(36)31-17-8-6-16(7-9-17)30-25(35)24-21(28)4-3-5-22(24)29/h3-11,14,19H,12-13,15H2,1-2H3,(H,30,35)(H2,31,32,36). The number of nitrogens with zero attached hydrogens (tertiary/aromatic N) is 2. The second-order valence-corrected chi connectivity index (χ2v) is 9.50. The van der Waals surface area contributed by atoms with Gasteiger partial charge in [0.2, 0.25) is 0 Å². The third-order valence-corrected chi connectivity index (χ3v) is 6.60. The lowest BCUT2D eigenvalue weighted by Gasteiger charge is -2.27. The quantitative estimate of drug-likeness (QED) is 0.350. The van der Waals surface area contributed by atoms with E-state index in [9.17, 15) is 13.6 Å². The van der Waals surface area contributed by atoms with Crippen molar-refractivity contribution in [2.24, 2.45) is 0 Å². The van der Waals surface area contributed by atoms with Crippen molar-refractivity contribution >= 4 is 57.6 Å². The van der Waals surface area contributed by atoms with Crippen LogP contribution in [0.15, 0.2) is 60.7 Å². The van der Waals surface area contributed by atoms with Gasteiger partial charge >= 0.3 is 0 Å². The number of likely N-dealkylation sites (N-methyl/N-ethyl adjacent to an activating group) is 2. The molecule has 3 N–H and O–H groups in total. The minimum atomic E-state index is -0.923. The minimum absolute atomic E-state index is 0.356. The Morgan fingerprint density at radius 1 is 1.00 bits per heavy atom. The van der Waals surface area contributed by atoms with Gasteiger partial charge < -0.3 is 25.8 Å². The van der Waals surface area contributed by atoms with Crippen LogP contribution in [0.25, 0.3) is 0 Å². The zero-order chi connectivity index (χ0) is 25.8. The van der Waals surface area contributed by atoms with E-state index in [1.54, 1.807) is 24.3 Å². The van der Waals surface area contributed by atoms with Gasteiger partial charge in [-0.2, -0.15) is 0 Å². The molecule has 6 nitrogen and oxygen atoms in total. The molecule has 1 heterocycles. The van der Waals surface area contributed by atoms with E-state index in [2.05, 4.69) is 39.8 Å². The molecule has 1 amide bonds. The Morgan fingerprint density at radius 3 is 2.17 bits per heavy atom. The Labute approximate surface area is 219 Å². The Bertz CT molecular complexity index is 1250. The van der Waals surface area contributed by atoms with Gasteiger partial charge in [-0.15, -0.1) is 0 Å². The van der Waals surface area contributed by atoms with E-state index in [0.717, 1.165) is 43.0 Å². The van der Waals surface area contributed by atoms with E-state index in [-0.39, 0.29) is 0 Å². The second kappa shape index (κ2) is 11.2. The monoisotopic (exact) mass is 529 g/mol. The van der Waals surface area contributed by atoms with Crippen LogP contribution in [-0.4, -0.2) is 49.1 Å². The van der Waals surface area contributed by atoms with E-state index in [0.29, 0.717) is 27.6 Å². The van der Waals surface area contributed by atoms with Crippen LogP contribution in [0.4, 0.5) is 31.5 Å². The number of anilines is 4. The number of benzene rings is 3. The van der Waals surface area contributed by atoms with E-state index in [1.807, 2.05) is 18.2 Å². The Balaban J connectivity index is 1.33. The first-order valence-electron chi connectivity index (χ1n) is 11.4. The number of thiocarbonyl (C=S) groups is 1. The highest BCUT2D eigenvalue weighted by atomic mass is 35.5. The molecule has 3 aromatic carbocycles. The summed E-state index contributed by atoms with van der Waals surface area (Å²) in [5.41, 5.74) is 2.13. The molecular formula is C26H26ClF2N5OS. The first kappa shape index (κ1) is 25.8. The number of hydrogen-bond donors (Lipinski definition) is 3. The highest BCUT2D eigenvalue weighted by molar-refractivity contribution is 7.80. The van der Waals surface area contributed by atoms with Gasteiger partial charge in [-0.3, -0.25) is 4.79 Å². The molecule has 188 valence electrons. The van der Waals surface area contributed by atoms with Crippen molar-refractivity contribution in [2.45, 2.75) is 12.5 Å². The lowest BCUT2D eigenvalue weighted by atomic mass is 10.1. The van der Waals surface area contributed by atoms with Gasteiger partial charge in [-0.25, -0.2) is 8.78 Å². The maximum absolute atomic E-state index is 13.8. The molecule has 36 heavy (non-hydrogen) atoms. The van der Waals surface area contributed by atoms with Crippen LogP contribution < -0.4 is 20.9 Å². The van der Waals surface area contributed by atoms with Crippen molar-refractivity contribution in [3.63, 3.8) is 0 Å². The number of carbonyl (C=O) groups is 1. The topological polar surface area (TPSA) is 59.6 Å². The molecular weight excluding hydrogens is 504 g/mol. The van der Waals surface area contributed by atoms with Gasteiger partial charge in [0, 0.05) is 36.7 Å². The molecule has 1 unspecified atom stereocenters. The predicted molar refractivity (Wildman–Crippen MR) is 146 cm³/mol. The summed E-state index contributed by atoms with van der Waals surface area (Å²) in [6.07, 6.45) is 1.10. The van der Waals surface area contributed by atoms with Crippen molar-refractivity contribution in [1.82, 2.24) is 4.90 Å². The van der Waals surface area contributed by atoms with E-state index in [4.69, 9.17) is 23.8 Å². The van der Waals surface area contributed by atoms with Gasteiger partial charge in [0.1, 0.15) is 17.2 Å². The molecule has 1 aliphatic heterocycles. The normalized spacial score (nSPS) is 15.4. The van der Waals surface area contributed by atoms with Crippen molar-refractivity contribution in [1.29, 1.82) is 0 Å². The number of amides is 1. The van der Waals surface area contributed by atoms with Crippen LogP contribution >= 0.6 is 23.8 Å². The Hall–Kier alpha value is -3.27. The number of carbonyl (C=O) groups excluding carboxylic acids is 1. The molecule has 3 aromatic rings. The zero-order valence-electron chi connectivity index (χ0n) is 19.8. The summed E-state index contributed by atoms with van der Waals surface area (Å²) < 4.78 is 27.6. The first-order valence-corrected chi connectivity index (χ1v) is 12.1. The fourth-order valence-corrected chi connectivity index (χ4v) is 4.68. The summed E-state index contributed by atoms with van der Waals surface area (Å²) in [7, 11) is 4.18. The van der Waals surface area contributed by atoms with Gasteiger partial charge in [0.05, 0.1) is 10.7 Å². The highest BCUT2D eigenvalue weighted by Crippen LogP contribution is 2.31. The highest BCUT2D eigenvalue weighted by Gasteiger charge is 2.24. The molecule has 0 bridgehead atoms. The predicted octanol–water partition coefficient (Wildman–Crippen LogP) is 5.82. The van der Waals surface area contributed by atoms with Gasteiger partial charge in [-0.05, 0) is 86.8 Å². The number of nitrogens with one attached hydrogen (secondary N) is 3. The third-order valence-electron chi connectivity index (χ3n) is 6.09. The summed E-state index contributed by atoms with van der Waals surface area (Å²) in [5.74, 6) is -2.71. The number of rotatable bonds is 6. The van der Waals surface area contributed by atoms with Crippen molar-refractivity contribution in [3.8, 4) is 0 Å². The van der Waals surface area contributed by atoms with E-state index < -0.39 is 23.1 Å². The van der Waals surface area contributed by atoms with E-state index in [1.165, 1.54) is 6.07 Å². The van der Waals surface area contributed by atoms with Gasteiger partial charge in [-0.1, -0.05) is 17.7 Å². The Morgan fingerprint density at radius 2 is 1.58 bits per heavy atom. The summed E-state index contributed by atoms with van der Waals surface area (Å²) >= 11 is 12.0. The summed E-state index contributed by atoms with van der Waals surface area (Å²) in [6, 6.07) is 16.0. The maximum Gasteiger partial charge on any atom is 0.261 e. The first-order chi connectivity index (χ1) is 17.2. The fourth-order valence-electron chi connectivity index (χ4n) is 4.13. The van der Waals surface area contributed by atoms with Crippen LogP contribution in [0.2, 0.25) is 5.02 Å². The molecule has 1 saturated heterocycles. The summed E-state index contributed by atoms with van der Waals surface area (Å²) in [5, 5.41) is 9.64. The molecule has 1 fully saturated rings. The molecule has 0 spiro atoms. The lowest BCUT2D eigenvalue weighted by molar-refractivity contribution is 0.101. The smallest absolute Gasteiger partial charge is 0.261 e. The van der Waals surface area contributed by atoms with Gasteiger partial charge in [0.15, 0.2) is 5.11 Å². The molecule has 4 rings (SSSR count). The fraction of sp³-hybridized carbons (Fsp3) is 0.231. The largest absolute Gasteiger partial charge is 0.369 e. The summed E-state index contributed by atoms with van der Waals surface area (Å²) in [6.45, 7) is 2.08. The van der Waals surface area contributed by atoms with Crippen LogP contribution in [0.1, 0.15) is 16.8 Å². The lowest BCUT2D eigenvalue weighted by Crippen LogP contribution is -2.33. The molecule has 0 aromatic heterocycles. The minimum Gasteiger partial charge on any atom is -0.369 e. The average molecular weight is 530 g/mol. The molecule has 0 saturated carbocycles. The van der Waals surface area contributed by atoms with Crippen LogP contribution in [-0.2, 0) is 0 Å². The van der Waals surface area contributed by atoms with E-state index >= 15 is 0 Å². The molecule has 0 radical (unpaired) electrons. The van der Waals surface area contributed by atoms with Crippen molar-refractivity contribution in [3.05, 3.63) is 82.9 Å². The number of hydrogen-bond acceptors (Lipinski definition) is 4. The van der Waals surface area contributed by atoms with Crippen LogP contribution in [0.3, 0.4) is 0 Å². The third kappa shape index (κ3) is 6.10. The van der Waals surface area contributed by atoms with Crippen molar-refractivity contribution in [2.75, 3.05) is 48.0 Å².